The van der Waals surface area contributed by atoms with Gasteiger partial charge in [0.15, 0.2) is 0 Å². The maximum atomic E-state index is 12.9. The molecule has 0 bridgehead atoms. The first-order valence-electron chi connectivity index (χ1n) is 13.2. The lowest BCUT2D eigenvalue weighted by Crippen LogP contribution is -2.25. The maximum Gasteiger partial charge on any atom is 0.338 e. The topological polar surface area (TPSA) is 68.3 Å². The van der Waals surface area contributed by atoms with E-state index < -0.39 is 0 Å². The van der Waals surface area contributed by atoms with E-state index in [1.807, 2.05) is 12.1 Å². The van der Waals surface area contributed by atoms with Gasteiger partial charge in [-0.2, -0.15) is 0 Å². The predicted octanol–water partition coefficient (Wildman–Crippen LogP) is 5.16. The molecule has 1 aliphatic rings. The third-order valence-electron chi connectivity index (χ3n) is 6.77. The Morgan fingerprint density at radius 3 is 1.53 bits per heavy atom. The summed E-state index contributed by atoms with van der Waals surface area (Å²) in [5.41, 5.74) is 2.42. The van der Waals surface area contributed by atoms with E-state index in [0.29, 0.717) is 42.3 Å². The summed E-state index contributed by atoms with van der Waals surface area (Å²) in [5, 5.41) is 0. The van der Waals surface area contributed by atoms with Crippen molar-refractivity contribution in [1.29, 1.82) is 0 Å². The van der Waals surface area contributed by atoms with E-state index in [9.17, 15) is 9.59 Å². The standard InChI is InChI=1S/C29H40N2O5/c1-5-30(6-2)17-11-19-34-28(32)22-13-9-15-26-24(22)21-25-23(14-10-16-27(25)36-26)29(33)35-20-12-18-31(7-3)8-4/h9-10,13-16H,5-8,11-12,17-21H2,1-4H3. The van der Waals surface area contributed by atoms with Crippen LogP contribution in [0.15, 0.2) is 36.4 Å². The summed E-state index contributed by atoms with van der Waals surface area (Å²) in [6.45, 7) is 14.9. The van der Waals surface area contributed by atoms with Crippen LogP contribution in [0.3, 0.4) is 0 Å². The van der Waals surface area contributed by atoms with Gasteiger partial charge in [-0.1, -0.05) is 39.8 Å². The van der Waals surface area contributed by atoms with Crippen LogP contribution in [0.2, 0.25) is 0 Å². The molecule has 0 fully saturated rings. The zero-order valence-corrected chi connectivity index (χ0v) is 22.2. The number of nitrogens with zero attached hydrogens (tertiary/aromatic N) is 2. The summed E-state index contributed by atoms with van der Waals surface area (Å²) < 4.78 is 17.3. The molecule has 0 aliphatic carbocycles. The molecule has 0 unspecified atom stereocenters. The van der Waals surface area contributed by atoms with Gasteiger partial charge < -0.3 is 24.0 Å². The molecule has 1 aliphatic heterocycles. The second-order valence-corrected chi connectivity index (χ2v) is 8.88. The molecular weight excluding hydrogens is 456 g/mol. The molecule has 0 radical (unpaired) electrons. The fourth-order valence-electron chi connectivity index (χ4n) is 4.51. The number of carbonyl (C=O) groups excluding carboxylic acids is 2. The molecule has 0 spiro atoms. The van der Waals surface area contributed by atoms with Gasteiger partial charge in [0.1, 0.15) is 11.5 Å². The van der Waals surface area contributed by atoms with Gasteiger partial charge in [-0.25, -0.2) is 9.59 Å². The van der Waals surface area contributed by atoms with Crippen LogP contribution in [-0.2, 0) is 15.9 Å². The first kappa shape index (κ1) is 27.7. The molecule has 2 aromatic rings. The largest absolute Gasteiger partial charge is 0.462 e. The Hall–Kier alpha value is -2.90. The van der Waals surface area contributed by atoms with Crippen molar-refractivity contribution in [2.75, 3.05) is 52.5 Å². The number of rotatable bonds is 14. The normalized spacial score (nSPS) is 12.2. The molecule has 3 rings (SSSR count). The van der Waals surface area contributed by atoms with Gasteiger partial charge in [-0.15, -0.1) is 0 Å². The van der Waals surface area contributed by atoms with Gasteiger partial charge in [0.25, 0.3) is 0 Å². The smallest absolute Gasteiger partial charge is 0.338 e. The van der Waals surface area contributed by atoms with Crippen LogP contribution in [0.5, 0.6) is 11.5 Å². The SMILES string of the molecule is CCN(CC)CCCOC(=O)c1cccc2c1Cc1c(cccc1C(=O)OCCCN(CC)CC)O2. The number of ether oxygens (including phenoxy) is 3. The summed E-state index contributed by atoms with van der Waals surface area (Å²) in [5.74, 6) is 0.500. The van der Waals surface area contributed by atoms with Gasteiger partial charge in [0, 0.05) is 30.6 Å². The molecule has 1 heterocycles. The molecule has 7 heteroatoms. The van der Waals surface area contributed by atoms with E-state index in [4.69, 9.17) is 14.2 Å². The highest BCUT2D eigenvalue weighted by Gasteiger charge is 2.27. The molecule has 0 amide bonds. The van der Waals surface area contributed by atoms with Crippen LogP contribution in [0, 0.1) is 0 Å². The fourth-order valence-corrected chi connectivity index (χ4v) is 4.51. The summed E-state index contributed by atoms with van der Waals surface area (Å²) in [6, 6.07) is 10.8. The van der Waals surface area contributed by atoms with Gasteiger partial charge >= 0.3 is 11.9 Å². The van der Waals surface area contributed by atoms with E-state index in [0.717, 1.165) is 63.2 Å². The zero-order chi connectivity index (χ0) is 25.9. The number of esters is 2. The average molecular weight is 497 g/mol. The molecule has 2 aromatic carbocycles. The van der Waals surface area contributed by atoms with Crippen molar-refractivity contribution >= 4 is 11.9 Å². The lowest BCUT2D eigenvalue weighted by atomic mass is 9.92. The molecule has 0 aromatic heterocycles. The number of hydrogen-bond acceptors (Lipinski definition) is 7. The Kier molecular flexibility index (Phi) is 10.8. The average Bonchev–Trinajstić information content (AvgIpc) is 2.91. The van der Waals surface area contributed by atoms with E-state index in [1.54, 1.807) is 24.3 Å². The number of fused-ring (bicyclic) bond motifs is 2. The quantitative estimate of drug-likeness (QED) is 0.226. The lowest BCUT2D eigenvalue weighted by molar-refractivity contribution is 0.0481. The highest BCUT2D eigenvalue weighted by atomic mass is 16.5. The van der Waals surface area contributed by atoms with Crippen molar-refractivity contribution in [3.63, 3.8) is 0 Å². The first-order valence-corrected chi connectivity index (χ1v) is 13.2. The van der Waals surface area contributed by atoms with Crippen LogP contribution in [0.25, 0.3) is 0 Å². The minimum atomic E-state index is -0.366. The van der Waals surface area contributed by atoms with Crippen LogP contribution in [-0.4, -0.2) is 74.2 Å². The minimum Gasteiger partial charge on any atom is -0.462 e. The van der Waals surface area contributed by atoms with Gasteiger partial charge in [-0.3, -0.25) is 0 Å². The van der Waals surface area contributed by atoms with Crippen molar-refractivity contribution < 1.29 is 23.8 Å². The minimum absolute atomic E-state index is 0.363. The van der Waals surface area contributed by atoms with Gasteiger partial charge in [0.2, 0.25) is 0 Å². The molecule has 7 nitrogen and oxygen atoms in total. The van der Waals surface area contributed by atoms with E-state index in [2.05, 4.69) is 37.5 Å². The molecule has 0 atom stereocenters. The summed E-state index contributed by atoms with van der Waals surface area (Å²) in [4.78, 5) is 30.4. The molecular formula is C29H40N2O5. The third kappa shape index (κ3) is 7.08. The Balaban J connectivity index is 1.66. The van der Waals surface area contributed by atoms with Crippen molar-refractivity contribution in [3.05, 3.63) is 58.7 Å². The Morgan fingerprint density at radius 1 is 0.722 bits per heavy atom. The van der Waals surface area contributed by atoms with Crippen molar-refractivity contribution in [2.45, 2.75) is 47.0 Å². The predicted molar refractivity (Wildman–Crippen MR) is 141 cm³/mol. The lowest BCUT2D eigenvalue weighted by Gasteiger charge is -2.24. The Morgan fingerprint density at radius 2 is 1.14 bits per heavy atom. The van der Waals surface area contributed by atoms with Crippen molar-refractivity contribution in [2.24, 2.45) is 0 Å². The molecule has 0 saturated heterocycles. The van der Waals surface area contributed by atoms with E-state index in [1.165, 1.54) is 0 Å². The summed E-state index contributed by atoms with van der Waals surface area (Å²) in [7, 11) is 0. The zero-order valence-electron chi connectivity index (χ0n) is 22.2. The van der Waals surface area contributed by atoms with Crippen LogP contribution >= 0.6 is 0 Å². The number of carbonyl (C=O) groups is 2. The molecule has 0 N–H and O–H groups in total. The second kappa shape index (κ2) is 14.0. The van der Waals surface area contributed by atoms with E-state index in [-0.39, 0.29) is 11.9 Å². The van der Waals surface area contributed by atoms with E-state index >= 15 is 0 Å². The monoisotopic (exact) mass is 496 g/mol. The van der Waals surface area contributed by atoms with Gasteiger partial charge in [0.05, 0.1) is 24.3 Å². The van der Waals surface area contributed by atoms with Crippen LogP contribution < -0.4 is 4.74 Å². The Bertz CT molecular complexity index is 935. The first-order chi connectivity index (χ1) is 17.5. The third-order valence-corrected chi connectivity index (χ3v) is 6.77. The second-order valence-electron chi connectivity index (χ2n) is 8.88. The maximum absolute atomic E-state index is 12.9. The summed E-state index contributed by atoms with van der Waals surface area (Å²) >= 11 is 0. The highest BCUT2D eigenvalue weighted by molar-refractivity contribution is 5.94. The summed E-state index contributed by atoms with van der Waals surface area (Å²) in [6.07, 6.45) is 1.97. The highest BCUT2D eigenvalue weighted by Crippen LogP contribution is 2.40. The van der Waals surface area contributed by atoms with Crippen molar-refractivity contribution in [1.82, 2.24) is 9.80 Å². The van der Waals surface area contributed by atoms with Crippen LogP contribution in [0.1, 0.15) is 72.4 Å². The van der Waals surface area contributed by atoms with Gasteiger partial charge in [-0.05, 0) is 63.3 Å². The number of hydrogen-bond donors (Lipinski definition) is 0. The fraction of sp³-hybridized carbons (Fsp3) is 0.517. The number of benzene rings is 2. The molecule has 36 heavy (non-hydrogen) atoms. The molecule has 0 saturated carbocycles. The Labute approximate surface area is 215 Å². The van der Waals surface area contributed by atoms with Crippen LogP contribution in [0.4, 0.5) is 0 Å². The molecule has 196 valence electrons. The van der Waals surface area contributed by atoms with Crippen molar-refractivity contribution in [3.8, 4) is 11.5 Å².